The number of rotatable bonds is 5. The molecule has 2 rings (SSSR count). The Balaban J connectivity index is 2.08. The maximum absolute atomic E-state index is 12.8. The zero-order valence-electron chi connectivity index (χ0n) is 15.4. The van der Waals surface area contributed by atoms with Gasteiger partial charge in [0.05, 0.1) is 23.6 Å². The molecule has 2 amide bonds. The number of hydrogen-bond donors (Lipinski definition) is 1. The molecule has 1 saturated heterocycles. The average molecular weight is 383 g/mol. The van der Waals surface area contributed by atoms with E-state index < -0.39 is 15.9 Å². The van der Waals surface area contributed by atoms with Crippen LogP contribution in [0, 0.1) is 0 Å². The molecule has 0 saturated carbocycles. The maximum Gasteiger partial charge on any atom is 0.251 e. The molecule has 8 nitrogen and oxygen atoms in total. The van der Waals surface area contributed by atoms with Gasteiger partial charge in [-0.2, -0.15) is 4.31 Å². The summed E-state index contributed by atoms with van der Waals surface area (Å²) in [5.74, 6) is -0.661. The number of sulfonamides is 1. The minimum atomic E-state index is -3.65. The Morgan fingerprint density at radius 3 is 2.19 bits per heavy atom. The van der Waals surface area contributed by atoms with Crippen LogP contribution in [0.4, 0.5) is 0 Å². The van der Waals surface area contributed by atoms with E-state index in [-0.39, 0.29) is 29.6 Å². The van der Waals surface area contributed by atoms with Crippen LogP contribution < -0.4 is 5.32 Å². The minimum Gasteiger partial charge on any atom is -0.373 e. The zero-order chi connectivity index (χ0) is 19.5. The second-order valence-electron chi connectivity index (χ2n) is 6.57. The van der Waals surface area contributed by atoms with Crippen molar-refractivity contribution in [2.75, 3.05) is 33.7 Å². The number of hydrogen-bond acceptors (Lipinski definition) is 5. The number of benzene rings is 1. The van der Waals surface area contributed by atoms with E-state index in [0.717, 1.165) is 0 Å². The van der Waals surface area contributed by atoms with E-state index in [2.05, 4.69) is 5.32 Å². The number of nitrogens with zero attached hydrogens (tertiary/aromatic N) is 2. The molecule has 9 heteroatoms. The number of likely N-dealkylation sites (N-methyl/N-ethyl adjacent to an activating group) is 1. The Morgan fingerprint density at radius 1 is 1.15 bits per heavy atom. The van der Waals surface area contributed by atoms with Gasteiger partial charge in [0, 0.05) is 32.7 Å². The standard InChI is InChI=1S/C17H25N3O5S/c1-12-10-20(11-13(2)25-12)26(23,24)15-7-5-14(6-8-15)17(22)18-9-16(21)19(3)4/h5-8,12-13H,9-11H2,1-4H3,(H,18,22)/t12-,13+. The normalized spacial score (nSPS) is 21.2. The molecule has 144 valence electrons. The largest absolute Gasteiger partial charge is 0.373 e. The van der Waals surface area contributed by atoms with E-state index in [9.17, 15) is 18.0 Å². The van der Waals surface area contributed by atoms with Gasteiger partial charge in [-0.25, -0.2) is 8.42 Å². The highest BCUT2D eigenvalue weighted by atomic mass is 32.2. The highest BCUT2D eigenvalue weighted by Crippen LogP contribution is 2.21. The van der Waals surface area contributed by atoms with Crippen LogP contribution in [0.2, 0.25) is 0 Å². The lowest BCUT2D eigenvalue weighted by Gasteiger charge is -2.34. The SMILES string of the molecule is C[C@@H]1CN(S(=O)(=O)c2ccc(C(=O)NCC(=O)N(C)C)cc2)C[C@H](C)O1. The fourth-order valence-corrected chi connectivity index (χ4v) is 4.26. The van der Waals surface area contributed by atoms with Crippen LogP contribution in [-0.4, -0.2) is 75.4 Å². The van der Waals surface area contributed by atoms with Crippen LogP contribution in [0.25, 0.3) is 0 Å². The Morgan fingerprint density at radius 2 is 1.69 bits per heavy atom. The Kier molecular flexibility index (Phi) is 6.38. The number of nitrogens with one attached hydrogen (secondary N) is 1. The van der Waals surface area contributed by atoms with E-state index >= 15 is 0 Å². The van der Waals surface area contributed by atoms with E-state index in [0.29, 0.717) is 18.7 Å². The molecule has 0 bridgehead atoms. The van der Waals surface area contributed by atoms with Gasteiger partial charge in [0.1, 0.15) is 0 Å². The molecule has 1 aliphatic heterocycles. The fourth-order valence-electron chi connectivity index (χ4n) is 2.67. The van der Waals surface area contributed by atoms with Crippen molar-refractivity contribution < 1.29 is 22.7 Å². The van der Waals surface area contributed by atoms with Gasteiger partial charge in [0.25, 0.3) is 5.91 Å². The zero-order valence-corrected chi connectivity index (χ0v) is 16.2. The molecule has 0 aliphatic carbocycles. The highest BCUT2D eigenvalue weighted by molar-refractivity contribution is 7.89. The van der Waals surface area contributed by atoms with Crippen molar-refractivity contribution in [3.05, 3.63) is 29.8 Å². The smallest absolute Gasteiger partial charge is 0.251 e. The third-order valence-corrected chi connectivity index (χ3v) is 5.89. The first kappa shape index (κ1) is 20.3. The second-order valence-corrected chi connectivity index (χ2v) is 8.51. The van der Waals surface area contributed by atoms with Crippen molar-refractivity contribution in [1.82, 2.24) is 14.5 Å². The van der Waals surface area contributed by atoms with Crippen LogP contribution in [0.5, 0.6) is 0 Å². The third-order valence-electron chi connectivity index (χ3n) is 4.04. The predicted octanol–water partition coefficient (Wildman–Crippen LogP) is 0.303. The van der Waals surface area contributed by atoms with Crippen LogP contribution in [-0.2, 0) is 19.6 Å². The lowest BCUT2D eigenvalue weighted by Crippen LogP contribution is -2.48. The predicted molar refractivity (Wildman–Crippen MR) is 96.2 cm³/mol. The lowest BCUT2D eigenvalue weighted by atomic mass is 10.2. The number of morpholine rings is 1. The molecule has 1 aromatic rings. The Bertz CT molecular complexity index is 751. The van der Waals surface area contributed by atoms with Crippen molar-refractivity contribution in [1.29, 1.82) is 0 Å². The molecule has 0 radical (unpaired) electrons. The monoisotopic (exact) mass is 383 g/mol. The van der Waals surface area contributed by atoms with Crippen molar-refractivity contribution in [3.63, 3.8) is 0 Å². The van der Waals surface area contributed by atoms with Gasteiger partial charge in [-0.05, 0) is 38.1 Å². The van der Waals surface area contributed by atoms with Gasteiger partial charge in [-0.15, -0.1) is 0 Å². The number of amides is 2. The van der Waals surface area contributed by atoms with Crippen molar-refractivity contribution in [2.24, 2.45) is 0 Å². The van der Waals surface area contributed by atoms with E-state index in [4.69, 9.17) is 4.74 Å². The summed E-state index contributed by atoms with van der Waals surface area (Å²) in [7, 11) is -0.449. The van der Waals surface area contributed by atoms with Crippen molar-refractivity contribution >= 4 is 21.8 Å². The number of carbonyl (C=O) groups excluding carboxylic acids is 2. The first-order chi connectivity index (χ1) is 12.1. The summed E-state index contributed by atoms with van der Waals surface area (Å²) >= 11 is 0. The molecule has 0 spiro atoms. The average Bonchev–Trinajstić information content (AvgIpc) is 2.58. The summed E-state index contributed by atoms with van der Waals surface area (Å²) in [4.78, 5) is 25.1. The first-order valence-electron chi connectivity index (χ1n) is 8.35. The van der Waals surface area contributed by atoms with E-state index in [1.807, 2.05) is 13.8 Å². The molecule has 0 unspecified atom stereocenters. The first-order valence-corrected chi connectivity index (χ1v) is 9.79. The van der Waals surface area contributed by atoms with Gasteiger partial charge in [0.2, 0.25) is 15.9 Å². The molecule has 1 fully saturated rings. The molecular weight excluding hydrogens is 358 g/mol. The molecule has 26 heavy (non-hydrogen) atoms. The lowest BCUT2D eigenvalue weighted by molar-refractivity contribution is -0.127. The van der Waals surface area contributed by atoms with E-state index in [1.165, 1.54) is 33.5 Å². The molecule has 1 aliphatic rings. The van der Waals surface area contributed by atoms with Gasteiger partial charge in [-0.3, -0.25) is 9.59 Å². The van der Waals surface area contributed by atoms with Gasteiger partial charge < -0.3 is 15.0 Å². The van der Waals surface area contributed by atoms with Crippen LogP contribution in [0.3, 0.4) is 0 Å². The molecule has 2 atom stereocenters. The van der Waals surface area contributed by atoms with Crippen molar-refractivity contribution in [2.45, 2.75) is 31.0 Å². The third kappa shape index (κ3) is 4.80. The minimum absolute atomic E-state index is 0.116. The van der Waals surface area contributed by atoms with Crippen LogP contribution in [0.1, 0.15) is 24.2 Å². The summed E-state index contributed by atoms with van der Waals surface area (Å²) in [6.07, 6.45) is -0.347. The molecule has 1 aromatic carbocycles. The molecule has 1 N–H and O–H groups in total. The Hall–Kier alpha value is -1.97. The molecular formula is C17H25N3O5S. The van der Waals surface area contributed by atoms with Crippen LogP contribution >= 0.6 is 0 Å². The second kappa shape index (κ2) is 8.15. The van der Waals surface area contributed by atoms with Gasteiger partial charge in [0.15, 0.2) is 0 Å². The van der Waals surface area contributed by atoms with E-state index in [1.54, 1.807) is 14.1 Å². The Labute approximate surface area is 154 Å². The van der Waals surface area contributed by atoms with Crippen molar-refractivity contribution in [3.8, 4) is 0 Å². The maximum atomic E-state index is 12.8. The van der Waals surface area contributed by atoms with Gasteiger partial charge in [-0.1, -0.05) is 0 Å². The summed E-state index contributed by atoms with van der Waals surface area (Å²) in [5.41, 5.74) is 0.291. The fraction of sp³-hybridized carbons (Fsp3) is 0.529. The summed E-state index contributed by atoms with van der Waals surface area (Å²) < 4.78 is 32.5. The number of ether oxygens (including phenoxy) is 1. The topological polar surface area (TPSA) is 96.0 Å². The summed E-state index contributed by atoms with van der Waals surface area (Å²) in [6.45, 7) is 4.14. The number of carbonyl (C=O) groups is 2. The molecule has 0 aromatic heterocycles. The molecule has 1 heterocycles. The highest BCUT2D eigenvalue weighted by Gasteiger charge is 2.32. The summed E-state index contributed by atoms with van der Waals surface area (Å²) in [5, 5.41) is 2.51. The quantitative estimate of drug-likeness (QED) is 0.789. The van der Waals surface area contributed by atoms with Gasteiger partial charge >= 0.3 is 0 Å². The summed E-state index contributed by atoms with van der Waals surface area (Å²) in [6, 6.07) is 5.69. The van der Waals surface area contributed by atoms with Crippen LogP contribution in [0.15, 0.2) is 29.2 Å².